The second-order valence-corrected chi connectivity index (χ2v) is 4.49. The van der Waals surface area contributed by atoms with Crippen LogP contribution in [0, 0.1) is 0 Å². The molecule has 0 fully saturated rings. The molecule has 3 aromatic rings. The number of hydrogen-bond donors (Lipinski definition) is 2. The van der Waals surface area contributed by atoms with Crippen molar-refractivity contribution >= 4 is 18.2 Å². The van der Waals surface area contributed by atoms with Crippen molar-refractivity contribution in [3.8, 4) is 0 Å². The molecule has 2 N–H and O–H groups in total. The Balaban J connectivity index is 1.99. The molecular formula is C13H12BN3O3. The number of nitrogens with zero attached hydrogens (tertiary/aromatic N) is 3. The lowest BCUT2D eigenvalue weighted by Gasteiger charge is -2.03. The van der Waals surface area contributed by atoms with Crippen molar-refractivity contribution in [2.75, 3.05) is 0 Å². The molecule has 3 rings (SSSR count). The summed E-state index contributed by atoms with van der Waals surface area (Å²) in [7, 11) is -1.52. The van der Waals surface area contributed by atoms with E-state index in [1.165, 1.54) is 9.08 Å². The quantitative estimate of drug-likeness (QED) is 0.611. The lowest BCUT2D eigenvalue weighted by Crippen LogP contribution is -2.30. The Morgan fingerprint density at radius 3 is 2.75 bits per heavy atom. The van der Waals surface area contributed by atoms with Crippen LogP contribution >= 0.6 is 0 Å². The van der Waals surface area contributed by atoms with Crippen molar-refractivity contribution in [1.29, 1.82) is 0 Å². The van der Waals surface area contributed by atoms with Crippen LogP contribution in [0.2, 0.25) is 0 Å². The SMILES string of the molecule is O=c1n(Cc2cccc(B(O)O)c2)nc2ccccn12. The highest BCUT2D eigenvalue weighted by atomic mass is 16.4. The van der Waals surface area contributed by atoms with Crippen molar-refractivity contribution in [3.63, 3.8) is 0 Å². The van der Waals surface area contributed by atoms with E-state index in [1.807, 2.05) is 12.1 Å². The molecular weight excluding hydrogens is 257 g/mol. The van der Waals surface area contributed by atoms with Crippen LogP contribution < -0.4 is 11.2 Å². The molecule has 1 aromatic carbocycles. The van der Waals surface area contributed by atoms with E-state index in [2.05, 4.69) is 5.10 Å². The summed E-state index contributed by atoms with van der Waals surface area (Å²) >= 11 is 0. The minimum atomic E-state index is -1.52. The molecule has 0 aliphatic carbocycles. The predicted molar refractivity (Wildman–Crippen MR) is 74.8 cm³/mol. The largest absolute Gasteiger partial charge is 0.488 e. The van der Waals surface area contributed by atoms with Gasteiger partial charge in [0.2, 0.25) is 0 Å². The van der Waals surface area contributed by atoms with Crippen LogP contribution in [0.25, 0.3) is 5.65 Å². The summed E-state index contributed by atoms with van der Waals surface area (Å²) in [5.41, 5.74) is 1.52. The van der Waals surface area contributed by atoms with Crippen LogP contribution in [0.4, 0.5) is 0 Å². The van der Waals surface area contributed by atoms with Gasteiger partial charge in [-0.25, -0.2) is 9.48 Å². The zero-order valence-electron chi connectivity index (χ0n) is 10.5. The van der Waals surface area contributed by atoms with E-state index in [1.54, 1.807) is 36.5 Å². The Kier molecular flexibility index (Phi) is 3.13. The Labute approximate surface area is 114 Å². The average Bonchev–Trinajstić information content (AvgIpc) is 2.76. The first-order valence-electron chi connectivity index (χ1n) is 6.14. The zero-order valence-corrected chi connectivity index (χ0v) is 10.5. The first kappa shape index (κ1) is 12.6. The van der Waals surface area contributed by atoms with Crippen LogP contribution in [0.15, 0.2) is 53.5 Å². The van der Waals surface area contributed by atoms with Gasteiger partial charge >= 0.3 is 12.8 Å². The molecule has 0 amide bonds. The van der Waals surface area contributed by atoms with Gasteiger partial charge in [0.25, 0.3) is 0 Å². The van der Waals surface area contributed by atoms with Gasteiger partial charge in [0.15, 0.2) is 5.65 Å². The number of rotatable bonds is 3. The van der Waals surface area contributed by atoms with Crippen molar-refractivity contribution < 1.29 is 10.0 Å². The van der Waals surface area contributed by atoms with Crippen molar-refractivity contribution in [3.05, 3.63) is 64.7 Å². The normalized spacial score (nSPS) is 10.9. The molecule has 0 unspecified atom stereocenters. The van der Waals surface area contributed by atoms with Gasteiger partial charge in [-0.3, -0.25) is 4.40 Å². The van der Waals surface area contributed by atoms with Crippen LogP contribution in [0.1, 0.15) is 5.56 Å². The Bertz CT molecular complexity index is 810. The molecule has 20 heavy (non-hydrogen) atoms. The lowest BCUT2D eigenvalue weighted by atomic mass is 9.80. The summed E-state index contributed by atoms with van der Waals surface area (Å²) in [5.74, 6) is 0. The molecule has 0 saturated carbocycles. The highest BCUT2D eigenvalue weighted by molar-refractivity contribution is 6.58. The first-order chi connectivity index (χ1) is 9.65. The molecule has 0 aliphatic heterocycles. The minimum Gasteiger partial charge on any atom is -0.423 e. The van der Waals surface area contributed by atoms with Gasteiger partial charge in [-0.2, -0.15) is 0 Å². The number of fused-ring (bicyclic) bond motifs is 1. The summed E-state index contributed by atoms with van der Waals surface area (Å²) < 4.78 is 2.81. The molecule has 0 radical (unpaired) electrons. The summed E-state index contributed by atoms with van der Waals surface area (Å²) in [5, 5.41) is 22.5. The summed E-state index contributed by atoms with van der Waals surface area (Å²) in [6.07, 6.45) is 1.66. The van der Waals surface area contributed by atoms with E-state index in [9.17, 15) is 4.79 Å². The molecule has 2 heterocycles. The Morgan fingerprint density at radius 1 is 1.15 bits per heavy atom. The maximum absolute atomic E-state index is 12.1. The minimum absolute atomic E-state index is 0.226. The maximum atomic E-state index is 12.1. The van der Waals surface area contributed by atoms with Gasteiger partial charge in [0.05, 0.1) is 6.54 Å². The van der Waals surface area contributed by atoms with Crippen LogP contribution in [-0.2, 0) is 6.54 Å². The molecule has 6 nitrogen and oxygen atoms in total. The molecule has 0 bridgehead atoms. The van der Waals surface area contributed by atoms with Gasteiger partial charge in [-0.05, 0) is 23.2 Å². The zero-order chi connectivity index (χ0) is 14.1. The molecule has 0 saturated heterocycles. The summed E-state index contributed by atoms with van der Waals surface area (Å²) in [6.45, 7) is 0.279. The first-order valence-corrected chi connectivity index (χ1v) is 6.14. The lowest BCUT2D eigenvalue weighted by molar-refractivity contribution is 0.425. The number of pyridine rings is 1. The second kappa shape index (κ2) is 4.95. The average molecular weight is 269 g/mol. The van der Waals surface area contributed by atoms with Gasteiger partial charge in [0, 0.05) is 6.20 Å². The van der Waals surface area contributed by atoms with E-state index >= 15 is 0 Å². The topological polar surface area (TPSA) is 79.8 Å². The van der Waals surface area contributed by atoms with Crippen molar-refractivity contribution in [2.24, 2.45) is 0 Å². The summed E-state index contributed by atoms with van der Waals surface area (Å²) in [6, 6.07) is 12.1. The molecule has 0 spiro atoms. The molecule has 2 aromatic heterocycles. The van der Waals surface area contributed by atoms with Crippen LogP contribution in [0.5, 0.6) is 0 Å². The van der Waals surface area contributed by atoms with Gasteiger partial charge < -0.3 is 10.0 Å². The van der Waals surface area contributed by atoms with Crippen molar-refractivity contribution in [2.45, 2.75) is 6.54 Å². The highest BCUT2D eigenvalue weighted by Gasteiger charge is 2.12. The number of benzene rings is 1. The van der Waals surface area contributed by atoms with E-state index in [0.29, 0.717) is 11.1 Å². The molecule has 7 heteroatoms. The highest BCUT2D eigenvalue weighted by Crippen LogP contribution is 2.01. The van der Waals surface area contributed by atoms with Crippen molar-refractivity contribution in [1.82, 2.24) is 14.2 Å². The third kappa shape index (κ3) is 2.24. The van der Waals surface area contributed by atoms with E-state index in [0.717, 1.165) is 5.56 Å². The fourth-order valence-electron chi connectivity index (χ4n) is 2.10. The maximum Gasteiger partial charge on any atom is 0.488 e. The van der Waals surface area contributed by atoms with E-state index < -0.39 is 7.12 Å². The molecule has 0 atom stereocenters. The third-order valence-corrected chi connectivity index (χ3v) is 3.07. The molecule has 100 valence electrons. The standard InChI is InChI=1S/C13H12BN3O3/c18-13-16-7-2-1-6-12(16)15-17(13)9-10-4-3-5-11(8-10)14(19)20/h1-8,19-20H,9H2. The second-order valence-electron chi connectivity index (χ2n) is 4.49. The monoisotopic (exact) mass is 269 g/mol. The smallest absolute Gasteiger partial charge is 0.423 e. The predicted octanol–water partition coefficient (Wildman–Crippen LogP) is -0.776. The fourth-order valence-corrected chi connectivity index (χ4v) is 2.10. The Hall–Kier alpha value is -2.38. The van der Waals surface area contributed by atoms with E-state index in [-0.39, 0.29) is 12.2 Å². The van der Waals surface area contributed by atoms with Gasteiger partial charge in [-0.1, -0.05) is 30.3 Å². The molecule has 0 aliphatic rings. The number of aromatic nitrogens is 3. The third-order valence-electron chi connectivity index (χ3n) is 3.07. The van der Waals surface area contributed by atoms with Crippen LogP contribution in [-0.4, -0.2) is 31.3 Å². The Morgan fingerprint density at radius 2 is 2.00 bits per heavy atom. The van der Waals surface area contributed by atoms with Gasteiger partial charge in [-0.15, -0.1) is 5.10 Å². The van der Waals surface area contributed by atoms with Gasteiger partial charge in [0.1, 0.15) is 0 Å². The number of hydrogen-bond acceptors (Lipinski definition) is 4. The fraction of sp³-hybridized carbons (Fsp3) is 0.0769. The van der Waals surface area contributed by atoms with E-state index in [4.69, 9.17) is 10.0 Å². The summed E-state index contributed by atoms with van der Waals surface area (Å²) in [4.78, 5) is 12.1. The van der Waals surface area contributed by atoms with Crippen LogP contribution in [0.3, 0.4) is 0 Å².